The van der Waals surface area contributed by atoms with Crippen LogP contribution in [-0.2, 0) is 6.42 Å². The lowest BCUT2D eigenvalue weighted by molar-refractivity contribution is 0.468. The van der Waals surface area contributed by atoms with E-state index in [2.05, 4.69) is 4.99 Å². The maximum atomic E-state index is 9.39. The Morgan fingerprint density at radius 1 is 1.36 bits per heavy atom. The molecule has 2 heteroatoms. The summed E-state index contributed by atoms with van der Waals surface area (Å²) in [6.07, 6.45) is 2.68. The first-order chi connectivity index (χ1) is 5.38. The van der Waals surface area contributed by atoms with Crippen molar-refractivity contribution in [3.8, 4) is 5.75 Å². The maximum absolute atomic E-state index is 9.39. The average molecular weight is 147 g/mol. The lowest BCUT2D eigenvalue weighted by Gasteiger charge is -2.10. The molecule has 0 atom stereocenters. The number of phenols is 1. The van der Waals surface area contributed by atoms with Crippen LogP contribution in [0.4, 0.5) is 0 Å². The Bertz CT molecular complexity index is 304. The second-order valence-electron chi connectivity index (χ2n) is 2.63. The number of hydrogen-bond donors (Lipinski definition) is 1. The largest absolute Gasteiger partial charge is 0.508 e. The standard InChI is InChI=1S/C9H9NO/c11-9-3-1-2-7-6-10-5-4-8(7)9/h1-3,6,11H,4-5H2. The highest BCUT2D eigenvalue weighted by molar-refractivity contribution is 5.83. The zero-order chi connectivity index (χ0) is 7.68. The van der Waals surface area contributed by atoms with Gasteiger partial charge >= 0.3 is 0 Å². The minimum atomic E-state index is 0.397. The van der Waals surface area contributed by atoms with Gasteiger partial charge in [-0.2, -0.15) is 0 Å². The molecule has 56 valence electrons. The van der Waals surface area contributed by atoms with E-state index in [1.807, 2.05) is 18.3 Å². The van der Waals surface area contributed by atoms with Crippen LogP contribution in [0.1, 0.15) is 11.1 Å². The van der Waals surface area contributed by atoms with E-state index in [9.17, 15) is 5.11 Å². The molecule has 11 heavy (non-hydrogen) atoms. The van der Waals surface area contributed by atoms with E-state index in [1.54, 1.807) is 6.07 Å². The van der Waals surface area contributed by atoms with Gasteiger partial charge in [0.1, 0.15) is 5.75 Å². The van der Waals surface area contributed by atoms with Crippen molar-refractivity contribution >= 4 is 6.21 Å². The quantitative estimate of drug-likeness (QED) is 0.590. The normalized spacial score (nSPS) is 14.5. The van der Waals surface area contributed by atoms with E-state index in [1.165, 1.54) is 0 Å². The van der Waals surface area contributed by atoms with Gasteiger partial charge < -0.3 is 5.11 Å². The molecule has 0 saturated heterocycles. The van der Waals surface area contributed by atoms with Crippen molar-refractivity contribution in [2.24, 2.45) is 4.99 Å². The van der Waals surface area contributed by atoms with Crippen molar-refractivity contribution in [3.63, 3.8) is 0 Å². The number of fused-ring (bicyclic) bond motifs is 1. The smallest absolute Gasteiger partial charge is 0.119 e. The average Bonchev–Trinajstić information content (AvgIpc) is 2.06. The number of benzene rings is 1. The molecule has 0 unspecified atom stereocenters. The van der Waals surface area contributed by atoms with Crippen LogP contribution in [0, 0.1) is 0 Å². The van der Waals surface area contributed by atoms with Crippen LogP contribution >= 0.6 is 0 Å². The minimum absolute atomic E-state index is 0.397. The molecule has 0 fully saturated rings. The van der Waals surface area contributed by atoms with Crippen LogP contribution in [-0.4, -0.2) is 17.9 Å². The Balaban J connectivity index is 2.60. The summed E-state index contributed by atoms with van der Waals surface area (Å²) in [5.41, 5.74) is 2.08. The first-order valence-corrected chi connectivity index (χ1v) is 3.68. The molecule has 0 radical (unpaired) electrons. The number of phenolic OH excluding ortho intramolecular Hbond substituents is 1. The summed E-state index contributed by atoms with van der Waals surface area (Å²) in [6, 6.07) is 5.53. The Morgan fingerprint density at radius 2 is 2.27 bits per heavy atom. The van der Waals surface area contributed by atoms with Crippen molar-refractivity contribution in [1.82, 2.24) is 0 Å². The lowest BCUT2D eigenvalue weighted by Crippen LogP contribution is -2.02. The first-order valence-electron chi connectivity index (χ1n) is 3.68. The van der Waals surface area contributed by atoms with E-state index in [4.69, 9.17) is 0 Å². The predicted molar refractivity (Wildman–Crippen MR) is 44.3 cm³/mol. The van der Waals surface area contributed by atoms with Gasteiger partial charge in [-0.25, -0.2) is 0 Å². The van der Waals surface area contributed by atoms with Crippen LogP contribution in [0.3, 0.4) is 0 Å². The fourth-order valence-electron chi connectivity index (χ4n) is 1.32. The molecule has 0 spiro atoms. The van der Waals surface area contributed by atoms with Gasteiger partial charge in [0, 0.05) is 18.3 Å². The summed E-state index contributed by atoms with van der Waals surface area (Å²) in [5.74, 6) is 0.397. The highest BCUT2D eigenvalue weighted by atomic mass is 16.3. The van der Waals surface area contributed by atoms with Gasteiger partial charge in [-0.15, -0.1) is 0 Å². The zero-order valence-corrected chi connectivity index (χ0v) is 6.12. The number of aromatic hydroxyl groups is 1. The van der Waals surface area contributed by atoms with Gasteiger partial charge in [-0.1, -0.05) is 12.1 Å². The molecule has 2 nitrogen and oxygen atoms in total. The van der Waals surface area contributed by atoms with E-state index in [-0.39, 0.29) is 0 Å². The van der Waals surface area contributed by atoms with Crippen LogP contribution in [0.2, 0.25) is 0 Å². The second-order valence-corrected chi connectivity index (χ2v) is 2.63. The SMILES string of the molecule is Oc1cccc2c1CCN=C2. The summed E-state index contributed by atoms with van der Waals surface area (Å²) < 4.78 is 0. The molecule has 1 aromatic carbocycles. The predicted octanol–water partition coefficient (Wildman–Crippen LogP) is 1.37. The van der Waals surface area contributed by atoms with Crippen molar-refractivity contribution in [1.29, 1.82) is 0 Å². The van der Waals surface area contributed by atoms with Crippen LogP contribution < -0.4 is 0 Å². The topological polar surface area (TPSA) is 32.6 Å². The van der Waals surface area contributed by atoms with E-state index in [0.29, 0.717) is 5.75 Å². The molecule has 1 aliphatic rings. The number of rotatable bonds is 0. The molecule has 0 saturated carbocycles. The third-order valence-corrected chi connectivity index (χ3v) is 1.91. The molecular weight excluding hydrogens is 138 g/mol. The lowest BCUT2D eigenvalue weighted by atomic mass is 10.0. The van der Waals surface area contributed by atoms with Crippen LogP contribution in [0.15, 0.2) is 23.2 Å². The molecular formula is C9H9NO. The monoisotopic (exact) mass is 147 g/mol. The highest BCUT2D eigenvalue weighted by Gasteiger charge is 2.07. The number of hydrogen-bond acceptors (Lipinski definition) is 2. The summed E-state index contributed by atoms with van der Waals surface area (Å²) in [6.45, 7) is 0.796. The van der Waals surface area contributed by atoms with E-state index >= 15 is 0 Å². The van der Waals surface area contributed by atoms with E-state index in [0.717, 1.165) is 24.1 Å². The van der Waals surface area contributed by atoms with Crippen molar-refractivity contribution < 1.29 is 5.11 Å². The summed E-state index contributed by atoms with van der Waals surface area (Å²) >= 11 is 0. The van der Waals surface area contributed by atoms with Gasteiger partial charge in [0.2, 0.25) is 0 Å². The fraction of sp³-hybridized carbons (Fsp3) is 0.222. The van der Waals surface area contributed by atoms with E-state index < -0.39 is 0 Å². The molecule has 1 aliphatic heterocycles. The minimum Gasteiger partial charge on any atom is -0.508 e. The molecule has 1 aromatic rings. The van der Waals surface area contributed by atoms with Gasteiger partial charge in [-0.3, -0.25) is 4.99 Å². The molecule has 0 amide bonds. The van der Waals surface area contributed by atoms with Gasteiger partial charge in [0.25, 0.3) is 0 Å². The molecule has 0 bridgehead atoms. The Hall–Kier alpha value is -1.31. The van der Waals surface area contributed by atoms with Gasteiger partial charge in [0.05, 0.1) is 0 Å². The molecule has 1 N–H and O–H groups in total. The van der Waals surface area contributed by atoms with Gasteiger partial charge in [-0.05, 0) is 18.1 Å². The molecule has 2 rings (SSSR count). The second kappa shape index (κ2) is 2.38. The molecule has 0 aromatic heterocycles. The van der Waals surface area contributed by atoms with Gasteiger partial charge in [0.15, 0.2) is 0 Å². The Kier molecular flexibility index (Phi) is 1.39. The Labute approximate surface area is 65.2 Å². The summed E-state index contributed by atoms with van der Waals surface area (Å²) in [5, 5.41) is 9.39. The third kappa shape index (κ3) is 1.00. The molecule has 1 heterocycles. The van der Waals surface area contributed by atoms with Crippen molar-refractivity contribution in [2.45, 2.75) is 6.42 Å². The van der Waals surface area contributed by atoms with Crippen molar-refractivity contribution in [2.75, 3.05) is 6.54 Å². The zero-order valence-electron chi connectivity index (χ0n) is 6.12. The number of aliphatic imine (C=N–C) groups is 1. The summed E-state index contributed by atoms with van der Waals surface area (Å²) in [7, 11) is 0. The number of nitrogens with zero attached hydrogens (tertiary/aromatic N) is 1. The third-order valence-electron chi connectivity index (χ3n) is 1.91. The maximum Gasteiger partial charge on any atom is 0.119 e. The fourth-order valence-corrected chi connectivity index (χ4v) is 1.32. The van der Waals surface area contributed by atoms with Crippen molar-refractivity contribution in [3.05, 3.63) is 29.3 Å². The molecule has 0 aliphatic carbocycles. The Morgan fingerprint density at radius 3 is 3.09 bits per heavy atom. The highest BCUT2D eigenvalue weighted by Crippen LogP contribution is 2.22. The van der Waals surface area contributed by atoms with Crippen LogP contribution in [0.5, 0.6) is 5.75 Å². The van der Waals surface area contributed by atoms with Crippen LogP contribution in [0.25, 0.3) is 0 Å². The first kappa shape index (κ1) is 6.40. The summed E-state index contributed by atoms with van der Waals surface area (Å²) in [4.78, 5) is 4.12.